The fourth-order valence-corrected chi connectivity index (χ4v) is 4.66. The molecule has 6 bridgehead atoms. The number of hydrogen-bond acceptors (Lipinski definition) is 7. The second-order valence-electron chi connectivity index (χ2n) is 9.20. The third-order valence-corrected chi connectivity index (χ3v) is 6.86. The third kappa shape index (κ3) is 6.42. The Labute approximate surface area is 225 Å². The molecule has 1 fully saturated rings. The molecule has 2 aliphatic heterocycles. The molecule has 1 saturated heterocycles. The minimum Gasteiger partial charge on any atom is -0.465 e. The predicted octanol–water partition coefficient (Wildman–Crippen LogP) is 4.13. The molecule has 198 valence electrons. The highest BCUT2D eigenvalue weighted by Gasteiger charge is 2.20. The number of carboxylic acid groups (broad SMARTS) is 1. The molecule has 0 saturated carbocycles. The molecule has 5 rings (SSSR count). The number of benzene rings is 2. The first-order chi connectivity index (χ1) is 18.4. The Kier molecular flexibility index (Phi) is 7.75. The van der Waals surface area contributed by atoms with E-state index in [4.69, 9.17) is 16.7 Å². The number of amides is 3. The Morgan fingerprint density at radius 1 is 1.03 bits per heavy atom. The predicted molar refractivity (Wildman–Crippen MR) is 147 cm³/mol. The summed E-state index contributed by atoms with van der Waals surface area (Å²) in [5.74, 6) is 0.917. The first-order valence-electron chi connectivity index (χ1n) is 12.5. The van der Waals surface area contributed by atoms with Crippen molar-refractivity contribution < 1.29 is 14.7 Å². The molecule has 38 heavy (non-hydrogen) atoms. The number of nitrogens with one attached hydrogen (secondary N) is 4. The number of aromatic nitrogens is 2. The Morgan fingerprint density at radius 2 is 1.84 bits per heavy atom. The van der Waals surface area contributed by atoms with Gasteiger partial charge in [-0.1, -0.05) is 23.7 Å². The molecular formula is C26H29ClN8O3. The molecule has 2 aromatic carbocycles. The van der Waals surface area contributed by atoms with Gasteiger partial charge in [-0.05, 0) is 54.3 Å². The molecule has 2 aliphatic rings. The van der Waals surface area contributed by atoms with E-state index in [9.17, 15) is 9.59 Å². The summed E-state index contributed by atoms with van der Waals surface area (Å²) >= 11 is 6.35. The zero-order valence-electron chi connectivity index (χ0n) is 20.7. The molecule has 0 atom stereocenters. The average Bonchev–Trinajstić information content (AvgIpc) is 2.91. The van der Waals surface area contributed by atoms with Crippen molar-refractivity contribution in [2.45, 2.75) is 12.8 Å². The first kappa shape index (κ1) is 25.6. The van der Waals surface area contributed by atoms with Gasteiger partial charge in [-0.2, -0.15) is 4.98 Å². The van der Waals surface area contributed by atoms with Crippen molar-refractivity contribution in [3.63, 3.8) is 0 Å². The van der Waals surface area contributed by atoms with Gasteiger partial charge < -0.3 is 31.3 Å². The van der Waals surface area contributed by atoms with Crippen LogP contribution in [0.4, 0.5) is 38.4 Å². The van der Waals surface area contributed by atoms with Gasteiger partial charge in [0.1, 0.15) is 5.02 Å². The van der Waals surface area contributed by atoms with Crippen LogP contribution < -0.4 is 21.3 Å². The number of carbonyl (C=O) groups excluding carboxylic acids is 1. The van der Waals surface area contributed by atoms with Crippen LogP contribution in [0.5, 0.6) is 0 Å². The maximum atomic E-state index is 12.7. The maximum Gasteiger partial charge on any atom is 0.407 e. The van der Waals surface area contributed by atoms with Gasteiger partial charge in [-0.15, -0.1) is 0 Å². The van der Waals surface area contributed by atoms with Gasteiger partial charge in [0.05, 0.1) is 6.20 Å². The van der Waals surface area contributed by atoms with E-state index in [1.807, 2.05) is 30.3 Å². The molecule has 0 spiro atoms. The number of nitrogens with zero attached hydrogens (tertiary/aromatic N) is 4. The number of halogens is 1. The number of rotatable bonds is 4. The van der Waals surface area contributed by atoms with Gasteiger partial charge in [0.25, 0.3) is 0 Å². The number of urea groups is 1. The van der Waals surface area contributed by atoms with Crippen molar-refractivity contribution >= 4 is 52.6 Å². The normalized spacial score (nSPS) is 15.1. The van der Waals surface area contributed by atoms with Crippen LogP contribution in [0.25, 0.3) is 0 Å². The van der Waals surface area contributed by atoms with Crippen molar-refractivity contribution in [1.29, 1.82) is 0 Å². The van der Waals surface area contributed by atoms with Crippen LogP contribution in [-0.2, 0) is 12.8 Å². The highest BCUT2D eigenvalue weighted by atomic mass is 35.5. The number of anilines is 5. The van der Waals surface area contributed by atoms with Crippen LogP contribution in [0.1, 0.15) is 11.1 Å². The highest BCUT2D eigenvalue weighted by molar-refractivity contribution is 6.32. The van der Waals surface area contributed by atoms with Crippen LogP contribution >= 0.6 is 11.6 Å². The van der Waals surface area contributed by atoms with E-state index in [0.717, 1.165) is 34.6 Å². The lowest BCUT2D eigenvalue weighted by Crippen LogP contribution is -2.50. The van der Waals surface area contributed by atoms with E-state index in [1.54, 1.807) is 6.20 Å². The van der Waals surface area contributed by atoms with Crippen molar-refractivity contribution in [2.24, 2.45) is 0 Å². The van der Waals surface area contributed by atoms with E-state index in [1.165, 1.54) is 4.90 Å². The van der Waals surface area contributed by atoms with E-state index in [2.05, 4.69) is 48.3 Å². The second kappa shape index (κ2) is 11.5. The highest BCUT2D eigenvalue weighted by Crippen LogP contribution is 2.29. The van der Waals surface area contributed by atoms with Gasteiger partial charge >= 0.3 is 12.1 Å². The average molecular weight is 537 g/mol. The standard InChI is InChI=1S/C26H29ClN8O3/c27-21-16-29-24-31-19-3-1-2-17(14-19)4-5-18-15-20(30-23(21)33-24)6-7-22(18)32-25(36)28-8-9-34-10-12-35(13-11-34)26(37)38/h1-3,6-7,14-16H,4-5,8-13H2,(H,37,38)(H2,28,32,36)(H2,29,30,31,33). The number of carbonyl (C=O) groups is 2. The maximum absolute atomic E-state index is 12.7. The number of piperazine rings is 1. The Morgan fingerprint density at radius 3 is 2.66 bits per heavy atom. The zero-order chi connectivity index (χ0) is 26.5. The topological polar surface area (TPSA) is 135 Å². The molecule has 3 aromatic rings. The van der Waals surface area contributed by atoms with E-state index < -0.39 is 6.09 Å². The van der Waals surface area contributed by atoms with Gasteiger partial charge in [0, 0.05) is 56.3 Å². The Hall–Kier alpha value is -4.09. The van der Waals surface area contributed by atoms with Crippen molar-refractivity contribution in [3.8, 4) is 0 Å². The van der Waals surface area contributed by atoms with E-state index >= 15 is 0 Å². The summed E-state index contributed by atoms with van der Waals surface area (Å²) < 4.78 is 0. The fraction of sp³-hybridized carbons (Fsp3) is 0.308. The molecule has 5 N–H and O–H groups in total. The molecule has 3 heterocycles. The second-order valence-corrected chi connectivity index (χ2v) is 9.61. The molecule has 0 unspecified atom stereocenters. The Balaban J connectivity index is 1.26. The van der Waals surface area contributed by atoms with E-state index in [-0.39, 0.29) is 6.03 Å². The molecule has 1 aromatic heterocycles. The Bertz CT molecular complexity index is 1330. The number of aryl methyl sites for hydroxylation is 2. The SMILES string of the molecule is O=C(NCCN1CCN(C(=O)O)CC1)Nc1ccc2cc1CCc1cccc(c1)Nc1ncc(Cl)c(n1)N2. The summed E-state index contributed by atoms with van der Waals surface area (Å²) in [6.45, 7) is 3.38. The van der Waals surface area contributed by atoms with Crippen LogP contribution in [0.15, 0.2) is 48.7 Å². The van der Waals surface area contributed by atoms with Crippen molar-refractivity contribution in [1.82, 2.24) is 25.1 Å². The molecule has 11 nitrogen and oxygen atoms in total. The van der Waals surface area contributed by atoms with Gasteiger partial charge in [0.15, 0.2) is 5.82 Å². The quantitative estimate of drug-likeness (QED) is 0.336. The van der Waals surface area contributed by atoms with Crippen LogP contribution in [0, 0.1) is 0 Å². The molecule has 0 radical (unpaired) electrons. The summed E-state index contributed by atoms with van der Waals surface area (Å²) in [4.78, 5) is 36.1. The monoisotopic (exact) mass is 536 g/mol. The summed E-state index contributed by atoms with van der Waals surface area (Å²) in [6, 6.07) is 13.5. The lowest BCUT2D eigenvalue weighted by atomic mass is 10.0. The summed E-state index contributed by atoms with van der Waals surface area (Å²) in [5, 5.41) is 21.9. The molecular weight excluding hydrogens is 508 g/mol. The van der Waals surface area contributed by atoms with Crippen LogP contribution in [0.3, 0.4) is 0 Å². The summed E-state index contributed by atoms with van der Waals surface area (Å²) in [5.41, 5.74) is 4.51. The van der Waals surface area contributed by atoms with Crippen molar-refractivity contribution in [3.05, 3.63) is 64.8 Å². The van der Waals surface area contributed by atoms with Gasteiger partial charge in [-0.25, -0.2) is 14.6 Å². The lowest BCUT2D eigenvalue weighted by molar-refractivity contribution is 0.106. The van der Waals surface area contributed by atoms with Crippen LogP contribution in [-0.4, -0.2) is 76.3 Å². The van der Waals surface area contributed by atoms with E-state index in [0.29, 0.717) is 62.5 Å². The minimum atomic E-state index is -0.888. The zero-order valence-corrected chi connectivity index (χ0v) is 21.5. The molecule has 12 heteroatoms. The summed E-state index contributed by atoms with van der Waals surface area (Å²) in [6.07, 6.45) is 2.15. The number of hydrogen-bond donors (Lipinski definition) is 5. The fourth-order valence-electron chi connectivity index (χ4n) is 4.52. The van der Waals surface area contributed by atoms with Gasteiger partial charge in [-0.3, -0.25) is 4.90 Å². The minimum absolute atomic E-state index is 0.288. The van der Waals surface area contributed by atoms with Crippen LogP contribution in [0.2, 0.25) is 5.02 Å². The lowest BCUT2D eigenvalue weighted by Gasteiger charge is -2.32. The first-order valence-corrected chi connectivity index (χ1v) is 12.8. The largest absolute Gasteiger partial charge is 0.465 e. The summed E-state index contributed by atoms with van der Waals surface area (Å²) in [7, 11) is 0. The number of fused-ring (bicyclic) bond motifs is 6. The smallest absolute Gasteiger partial charge is 0.407 e. The van der Waals surface area contributed by atoms with Crippen molar-refractivity contribution in [2.75, 3.05) is 55.2 Å². The molecule has 0 aliphatic carbocycles. The van der Waals surface area contributed by atoms with Gasteiger partial charge in [0.2, 0.25) is 5.95 Å². The third-order valence-electron chi connectivity index (χ3n) is 6.58. The molecule has 3 amide bonds.